The third-order valence-corrected chi connectivity index (χ3v) is 4.67. The maximum Gasteiger partial charge on any atom is 0.281 e. The monoisotopic (exact) mass is 379 g/mol. The molecule has 15 heavy (non-hydrogen) atoms. The van der Waals surface area contributed by atoms with Crippen LogP contribution in [-0.4, -0.2) is 20.4 Å². The molecule has 0 fully saturated rings. The average Bonchev–Trinajstić information content (AvgIpc) is 2.78. The molecule has 0 atom stereocenters. The van der Waals surface area contributed by atoms with Crippen molar-refractivity contribution in [1.29, 1.82) is 0 Å². The fourth-order valence-electron chi connectivity index (χ4n) is 0.782. The molecule has 1 rings (SSSR count). The molecule has 1 aliphatic carbocycles. The molecule has 0 saturated carbocycles. The Kier molecular flexibility index (Phi) is 24.7. The van der Waals surface area contributed by atoms with Gasteiger partial charge in [-0.05, 0) is 0 Å². The van der Waals surface area contributed by atoms with Crippen molar-refractivity contribution in [3.05, 3.63) is 22.3 Å². The van der Waals surface area contributed by atoms with E-state index in [4.69, 9.17) is 14.4 Å². The number of allylic oxidation sites excluding steroid dienone is 4. The Balaban J connectivity index is -0.000000208. The predicted molar refractivity (Wildman–Crippen MR) is 54.0 cm³/mol. The summed E-state index contributed by atoms with van der Waals surface area (Å²) in [5.41, 5.74) is 0. The van der Waals surface area contributed by atoms with E-state index in [1.807, 2.05) is 0 Å². The quantitative estimate of drug-likeness (QED) is 0.733. The zero-order valence-corrected chi connectivity index (χ0v) is 11.3. The van der Waals surface area contributed by atoms with Crippen molar-refractivity contribution >= 4 is 20.4 Å². The molecule has 0 aromatic heterocycles. The van der Waals surface area contributed by atoms with Crippen LogP contribution in [0, 0.1) is 0 Å². The van der Waals surface area contributed by atoms with Crippen LogP contribution in [-0.2, 0) is 32.4 Å². The summed E-state index contributed by atoms with van der Waals surface area (Å²) in [5.74, 6) is 0. The molecule has 0 saturated heterocycles. The molecule has 1 aliphatic rings. The SMILES string of the molecule is C[CH](C)[Re][C]1=CC=CC1.[C]=O.[C]=O.[C]=O. The van der Waals surface area contributed by atoms with E-state index in [1.165, 1.54) is 6.42 Å². The smallest absolute Gasteiger partial charge is 0.281 e. The van der Waals surface area contributed by atoms with E-state index in [0.717, 1.165) is 4.39 Å². The van der Waals surface area contributed by atoms with E-state index in [-0.39, 0.29) is 18.0 Å². The van der Waals surface area contributed by atoms with Crippen molar-refractivity contribution in [3.63, 3.8) is 0 Å². The summed E-state index contributed by atoms with van der Waals surface area (Å²) in [6, 6.07) is 0. The molecule has 0 aliphatic heterocycles. The first kappa shape index (κ1) is 19.7. The molecule has 4 heteroatoms. The van der Waals surface area contributed by atoms with E-state index in [2.05, 4.69) is 52.4 Å². The molecule has 0 amide bonds. The van der Waals surface area contributed by atoms with Crippen LogP contribution in [0.2, 0.25) is 4.39 Å². The molecule has 0 N–H and O–H groups in total. The first-order chi connectivity index (χ1) is 7.29. The summed E-state index contributed by atoms with van der Waals surface area (Å²) in [5, 5.41) is 0. The Morgan fingerprint density at radius 1 is 1.13 bits per heavy atom. The second-order valence-corrected chi connectivity index (χ2v) is 8.03. The molecule has 0 heterocycles. The van der Waals surface area contributed by atoms with Crippen LogP contribution in [0.3, 0.4) is 0 Å². The predicted octanol–water partition coefficient (Wildman–Crippen LogP) is 1.55. The fraction of sp³-hybridized carbons (Fsp3) is 0.364. The van der Waals surface area contributed by atoms with Crippen LogP contribution >= 0.6 is 0 Å². The van der Waals surface area contributed by atoms with Gasteiger partial charge in [-0.25, -0.2) is 0 Å². The van der Waals surface area contributed by atoms with Gasteiger partial charge in [0.25, 0.3) is 20.4 Å². The Bertz CT molecular complexity index is 184. The number of hydrogen-bond donors (Lipinski definition) is 0. The summed E-state index contributed by atoms with van der Waals surface area (Å²) < 4.78 is 2.71. The molecular weight excluding hydrogens is 366 g/mol. The van der Waals surface area contributed by atoms with Gasteiger partial charge in [0.15, 0.2) is 0 Å². The topological polar surface area (TPSA) is 51.2 Å². The van der Waals surface area contributed by atoms with Gasteiger partial charge >= 0.3 is 64.9 Å². The summed E-state index contributed by atoms with van der Waals surface area (Å²) in [6.45, 7) is 18.2. The maximum atomic E-state index is 7.50. The molecule has 3 nitrogen and oxygen atoms in total. The maximum absolute atomic E-state index is 7.50. The molecule has 6 radical (unpaired) electrons. The first-order valence-electron chi connectivity index (χ1n) is 3.89. The molecule has 0 unspecified atom stereocenters. The molecular formula is C11H12O3Re. The van der Waals surface area contributed by atoms with Crippen LogP contribution in [0.4, 0.5) is 0 Å². The van der Waals surface area contributed by atoms with Gasteiger partial charge in [-0.2, -0.15) is 0 Å². The third-order valence-electron chi connectivity index (χ3n) is 1.08. The number of hydrogen-bond acceptors (Lipinski definition) is 3. The largest absolute Gasteiger partial charge is 0.281 e. The zero-order valence-electron chi connectivity index (χ0n) is 8.62. The van der Waals surface area contributed by atoms with Gasteiger partial charge in [-0.15, -0.1) is 0 Å². The summed E-state index contributed by atoms with van der Waals surface area (Å²) in [4.78, 5) is 22.5. The van der Waals surface area contributed by atoms with Gasteiger partial charge in [0.1, 0.15) is 0 Å². The summed E-state index contributed by atoms with van der Waals surface area (Å²) in [6.07, 6.45) is 8.01. The van der Waals surface area contributed by atoms with Crippen LogP contribution in [0.25, 0.3) is 0 Å². The minimum Gasteiger partial charge on any atom is -0.281 e. The second kappa shape index (κ2) is 18.8. The van der Waals surface area contributed by atoms with Crippen molar-refractivity contribution in [2.45, 2.75) is 24.7 Å². The summed E-state index contributed by atoms with van der Waals surface area (Å²) in [7, 11) is 0. The first-order valence-corrected chi connectivity index (χ1v) is 6.82. The molecule has 0 spiro atoms. The van der Waals surface area contributed by atoms with Gasteiger partial charge in [-0.3, -0.25) is 14.4 Å². The summed E-state index contributed by atoms with van der Waals surface area (Å²) >= 11 is 0.00617. The van der Waals surface area contributed by atoms with Gasteiger partial charge in [0, 0.05) is 0 Å². The zero-order chi connectivity index (χ0) is 12.7. The van der Waals surface area contributed by atoms with Crippen LogP contribution < -0.4 is 0 Å². The van der Waals surface area contributed by atoms with Crippen LogP contribution in [0.1, 0.15) is 20.3 Å². The van der Waals surface area contributed by atoms with Crippen LogP contribution in [0.15, 0.2) is 22.3 Å². The van der Waals surface area contributed by atoms with Gasteiger partial charge in [0.05, 0.1) is 0 Å². The normalized spacial score (nSPS) is 11.0. The average molecular weight is 378 g/mol. The van der Waals surface area contributed by atoms with Crippen molar-refractivity contribution in [1.82, 2.24) is 0 Å². The van der Waals surface area contributed by atoms with E-state index < -0.39 is 0 Å². The van der Waals surface area contributed by atoms with Crippen LogP contribution in [0.5, 0.6) is 0 Å². The molecule has 0 aromatic rings. The minimum atomic E-state index is 0.00617. The van der Waals surface area contributed by atoms with Gasteiger partial charge < -0.3 is 0 Å². The Labute approximate surface area is 99.8 Å². The Morgan fingerprint density at radius 2 is 1.60 bits per heavy atom. The van der Waals surface area contributed by atoms with E-state index in [9.17, 15) is 0 Å². The molecule has 0 bridgehead atoms. The minimum absolute atomic E-state index is 0.00617. The van der Waals surface area contributed by atoms with Crippen molar-refractivity contribution in [3.8, 4) is 0 Å². The second-order valence-electron chi connectivity index (χ2n) is 2.37. The van der Waals surface area contributed by atoms with E-state index >= 15 is 0 Å². The van der Waals surface area contributed by atoms with Gasteiger partial charge in [0.2, 0.25) is 0 Å². The number of rotatable bonds is 2. The van der Waals surface area contributed by atoms with Crippen molar-refractivity contribution in [2.75, 3.05) is 0 Å². The molecule has 81 valence electrons. The standard InChI is InChI=1S/C5H5.C3H7.3CO.Re/c1-2-4-5-3-1;1-3-2;3*1-2;/h1-3H,4H2;3H,1-2H3;;;;. The Morgan fingerprint density at radius 3 is 1.87 bits per heavy atom. The van der Waals surface area contributed by atoms with E-state index in [1.54, 1.807) is 4.05 Å². The fourth-order valence-corrected chi connectivity index (χ4v) is 3.96. The van der Waals surface area contributed by atoms with E-state index in [0.29, 0.717) is 0 Å². The van der Waals surface area contributed by atoms with Gasteiger partial charge in [-0.1, -0.05) is 0 Å². The van der Waals surface area contributed by atoms with Crippen molar-refractivity contribution in [2.24, 2.45) is 0 Å². The molecule has 0 aromatic carbocycles. The van der Waals surface area contributed by atoms with Crippen molar-refractivity contribution < 1.29 is 32.4 Å². The Hall–Kier alpha value is -0.848. The number of carbonyl (C=O) groups excluding carboxylic acids is 3. The third kappa shape index (κ3) is 15.9.